The van der Waals surface area contributed by atoms with Crippen molar-refractivity contribution in [2.75, 3.05) is 13.2 Å². The van der Waals surface area contributed by atoms with Gasteiger partial charge in [-0.2, -0.15) is 0 Å². The Hall–Kier alpha value is -4.19. The van der Waals surface area contributed by atoms with Crippen molar-refractivity contribution in [3.8, 4) is 0 Å². The summed E-state index contributed by atoms with van der Waals surface area (Å²) in [6.45, 7) is 1.23. The molecule has 5 rings (SSSR count). The Morgan fingerprint density at radius 3 is 1.84 bits per heavy atom. The molecule has 10 heteroatoms. The van der Waals surface area contributed by atoms with E-state index in [-0.39, 0.29) is 37.7 Å². The summed E-state index contributed by atoms with van der Waals surface area (Å²) in [5.74, 6) is 2.35. The number of hydrogen-bond acceptors (Lipinski definition) is 7. The number of benzene rings is 4. The average Bonchev–Trinajstić information content (AvgIpc) is 3.06. The zero-order valence-corrected chi connectivity index (χ0v) is 24.6. The first kappa shape index (κ1) is 32.2. The number of rotatable bonds is 13. The second-order valence-corrected chi connectivity index (χ2v) is 10.7. The summed E-state index contributed by atoms with van der Waals surface area (Å²) in [6.07, 6.45) is -0.513. The fourth-order valence-electron chi connectivity index (χ4n) is 5.16. The maximum Gasteiger partial charge on any atom is 0.194 e. The number of nitrogens with two attached hydrogens (primary N) is 2. The minimum atomic E-state index is -1.58. The summed E-state index contributed by atoms with van der Waals surface area (Å²) >= 11 is 0. The number of hydrogen-bond donors (Lipinski definition) is 2. The number of hydrazine groups is 1. The molecule has 4 aromatic carbocycles. The van der Waals surface area contributed by atoms with Crippen LogP contribution in [0.4, 0.5) is 13.2 Å². The minimum Gasteiger partial charge on any atom is -0.397 e. The third-order valence-electron chi connectivity index (χ3n) is 7.49. The second-order valence-electron chi connectivity index (χ2n) is 10.7. The van der Waals surface area contributed by atoms with Gasteiger partial charge in [0, 0.05) is 11.8 Å². The molecule has 236 valence electrons. The molecule has 0 aliphatic carbocycles. The van der Waals surface area contributed by atoms with E-state index in [0.717, 1.165) is 28.8 Å². The van der Waals surface area contributed by atoms with Crippen LogP contribution < -0.4 is 11.6 Å². The molecule has 0 radical (unpaired) electrons. The van der Waals surface area contributed by atoms with Gasteiger partial charge in [0.25, 0.3) is 0 Å². The Morgan fingerprint density at radius 2 is 1.29 bits per heavy atom. The molecule has 4 N–H and O–H groups in total. The van der Waals surface area contributed by atoms with E-state index in [9.17, 15) is 13.2 Å². The third kappa shape index (κ3) is 8.72. The molecule has 4 unspecified atom stereocenters. The zero-order chi connectivity index (χ0) is 31.6. The predicted molar refractivity (Wildman–Crippen MR) is 164 cm³/mol. The van der Waals surface area contributed by atoms with Crippen LogP contribution in [-0.4, -0.2) is 42.6 Å². The lowest BCUT2D eigenvalue weighted by Crippen LogP contribution is -2.63. The van der Waals surface area contributed by atoms with Crippen LogP contribution in [0, 0.1) is 17.5 Å². The Labute approximate surface area is 260 Å². The summed E-state index contributed by atoms with van der Waals surface area (Å²) < 4.78 is 66.8. The van der Waals surface area contributed by atoms with E-state index in [4.69, 9.17) is 30.5 Å². The Kier molecular flexibility index (Phi) is 11.2. The highest BCUT2D eigenvalue weighted by Gasteiger charge is 2.44. The van der Waals surface area contributed by atoms with Gasteiger partial charge in [0.1, 0.15) is 24.4 Å². The number of halogens is 3. The van der Waals surface area contributed by atoms with Gasteiger partial charge in [-0.05, 0) is 28.8 Å². The maximum atomic E-state index is 14.0. The molecule has 4 aromatic rings. The molecular weight excluding hydrogens is 583 g/mol. The lowest BCUT2D eigenvalue weighted by Gasteiger charge is -2.45. The third-order valence-corrected chi connectivity index (χ3v) is 7.49. The second kappa shape index (κ2) is 15.7. The SMILES string of the molecule is N/C(=C\N(N)C1C(OCc2ccccc2)COC(COCc2ccccc2)C1OCc1ccccc1)c1cc(F)c(F)c(F)c1. The van der Waals surface area contributed by atoms with Gasteiger partial charge in [0.15, 0.2) is 17.5 Å². The van der Waals surface area contributed by atoms with E-state index in [1.54, 1.807) is 0 Å². The summed E-state index contributed by atoms with van der Waals surface area (Å²) in [5.41, 5.74) is 8.97. The lowest BCUT2D eigenvalue weighted by atomic mass is 9.96. The summed E-state index contributed by atoms with van der Waals surface area (Å²) in [5, 5.41) is 1.31. The van der Waals surface area contributed by atoms with Gasteiger partial charge in [0.05, 0.1) is 38.7 Å². The van der Waals surface area contributed by atoms with Gasteiger partial charge in [-0.1, -0.05) is 91.0 Å². The maximum absolute atomic E-state index is 14.0. The van der Waals surface area contributed by atoms with Gasteiger partial charge in [-0.25, -0.2) is 19.0 Å². The topological polar surface area (TPSA) is 92.2 Å². The van der Waals surface area contributed by atoms with Crippen molar-refractivity contribution in [2.24, 2.45) is 11.6 Å². The average molecular weight is 620 g/mol. The Morgan fingerprint density at radius 1 is 0.778 bits per heavy atom. The van der Waals surface area contributed by atoms with Crippen LogP contribution in [0.25, 0.3) is 5.70 Å². The first-order chi connectivity index (χ1) is 21.9. The fraction of sp³-hybridized carbons (Fsp3) is 0.257. The largest absolute Gasteiger partial charge is 0.397 e. The van der Waals surface area contributed by atoms with Crippen LogP contribution in [-0.2, 0) is 38.8 Å². The van der Waals surface area contributed by atoms with Gasteiger partial charge in [0.2, 0.25) is 0 Å². The predicted octanol–water partition coefficient (Wildman–Crippen LogP) is 5.69. The molecule has 45 heavy (non-hydrogen) atoms. The van der Waals surface area contributed by atoms with Crippen LogP contribution in [0.3, 0.4) is 0 Å². The standard InChI is InChI=1S/C35H36F3N3O4/c36-28-16-27(17-29(37)33(28)38)30(39)18-41(40)34-31(43-20-25-12-6-2-7-13-25)23-44-32(22-42-19-24-10-4-1-5-11-24)35(34)45-21-26-14-8-3-9-15-26/h1-18,31-32,34-35H,19-23,39-40H2/b30-18-. The van der Waals surface area contributed by atoms with E-state index >= 15 is 0 Å². The van der Waals surface area contributed by atoms with Crippen molar-refractivity contribution in [2.45, 2.75) is 44.2 Å². The molecule has 0 aromatic heterocycles. The van der Waals surface area contributed by atoms with Gasteiger partial charge in [-0.15, -0.1) is 0 Å². The molecular formula is C35H36F3N3O4. The monoisotopic (exact) mass is 619 g/mol. The molecule has 4 atom stereocenters. The highest BCUT2D eigenvalue weighted by atomic mass is 19.2. The van der Waals surface area contributed by atoms with Crippen LogP contribution >= 0.6 is 0 Å². The Bertz CT molecular complexity index is 1510. The normalized spacial score (nSPS) is 20.2. The fourth-order valence-corrected chi connectivity index (χ4v) is 5.16. The van der Waals surface area contributed by atoms with Gasteiger partial charge in [-0.3, -0.25) is 0 Å². The smallest absolute Gasteiger partial charge is 0.194 e. The van der Waals surface area contributed by atoms with E-state index in [1.807, 2.05) is 91.0 Å². The zero-order valence-electron chi connectivity index (χ0n) is 24.6. The van der Waals surface area contributed by atoms with Crippen molar-refractivity contribution >= 4 is 5.70 Å². The minimum absolute atomic E-state index is 0.0693. The first-order valence-corrected chi connectivity index (χ1v) is 14.6. The van der Waals surface area contributed by atoms with Gasteiger partial charge < -0.3 is 29.7 Å². The summed E-state index contributed by atoms with van der Waals surface area (Å²) in [4.78, 5) is 0. The van der Waals surface area contributed by atoms with Crippen LogP contribution in [0.1, 0.15) is 22.3 Å². The molecule has 1 fully saturated rings. The van der Waals surface area contributed by atoms with E-state index in [2.05, 4.69) is 0 Å². The van der Waals surface area contributed by atoms with E-state index in [0.29, 0.717) is 6.61 Å². The number of ether oxygens (including phenoxy) is 4. The quantitative estimate of drug-likeness (QED) is 0.113. The highest BCUT2D eigenvalue weighted by molar-refractivity contribution is 5.62. The lowest BCUT2D eigenvalue weighted by molar-refractivity contribution is -0.212. The molecule has 1 heterocycles. The van der Waals surface area contributed by atoms with Crippen LogP contribution in [0.5, 0.6) is 0 Å². The molecule has 7 nitrogen and oxygen atoms in total. The van der Waals surface area contributed by atoms with Crippen LogP contribution in [0.2, 0.25) is 0 Å². The summed E-state index contributed by atoms with van der Waals surface area (Å²) in [7, 11) is 0. The number of nitrogens with zero attached hydrogens (tertiary/aromatic N) is 1. The molecule has 0 bridgehead atoms. The highest BCUT2D eigenvalue weighted by Crippen LogP contribution is 2.28. The molecule has 1 saturated heterocycles. The van der Waals surface area contributed by atoms with Crippen molar-refractivity contribution in [1.82, 2.24) is 5.01 Å². The van der Waals surface area contributed by atoms with Crippen molar-refractivity contribution in [3.05, 3.63) is 149 Å². The molecule has 0 spiro atoms. The molecule has 0 saturated carbocycles. The molecule has 1 aliphatic rings. The first-order valence-electron chi connectivity index (χ1n) is 14.6. The van der Waals surface area contributed by atoms with Gasteiger partial charge >= 0.3 is 0 Å². The van der Waals surface area contributed by atoms with Crippen molar-refractivity contribution < 1.29 is 32.1 Å². The van der Waals surface area contributed by atoms with Crippen molar-refractivity contribution in [1.29, 1.82) is 0 Å². The molecule has 0 amide bonds. The van der Waals surface area contributed by atoms with E-state index in [1.165, 1.54) is 11.2 Å². The van der Waals surface area contributed by atoms with E-state index < -0.39 is 41.8 Å². The molecule has 1 aliphatic heterocycles. The Balaban J connectivity index is 1.43. The van der Waals surface area contributed by atoms with Crippen molar-refractivity contribution in [3.63, 3.8) is 0 Å². The van der Waals surface area contributed by atoms with Crippen LogP contribution in [0.15, 0.2) is 109 Å². The summed E-state index contributed by atoms with van der Waals surface area (Å²) in [6, 6.07) is 30.0.